The zero-order chi connectivity index (χ0) is 11.7. The number of hydrogen-bond donors (Lipinski definition) is 0. The zero-order valence-electron chi connectivity index (χ0n) is 9.14. The Morgan fingerprint density at radius 3 is 2.88 bits per heavy atom. The summed E-state index contributed by atoms with van der Waals surface area (Å²) in [6, 6.07) is -0.407. The van der Waals surface area contributed by atoms with Crippen molar-refractivity contribution in [1.29, 1.82) is 0 Å². The van der Waals surface area contributed by atoms with E-state index in [-0.39, 0.29) is 24.5 Å². The van der Waals surface area contributed by atoms with Crippen LogP contribution in [0.3, 0.4) is 0 Å². The van der Waals surface area contributed by atoms with E-state index >= 15 is 0 Å². The normalized spacial score (nSPS) is 23.9. The molecule has 88 valence electrons. The molecule has 3 amide bonds. The fourth-order valence-electron chi connectivity index (χ4n) is 2.16. The molecule has 2 fully saturated rings. The minimum atomic E-state index is -0.426. The Bertz CT molecular complexity index is 342. The van der Waals surface area contributed by atoms with E-state index in [9.17, 15) is 14.4 Å². The molecule has 2 heterocycles. The number of ether oxygens (including phenoxy) is 1. The molecular weight excluding hydrogens is 212 g/mol. The summed E-state index contributed by atoms with van der Waals surface area (Å²) in [7, 11) is 0. The van der Waals surface area contributed by atoms with Crippen molar-refractivity contribution in [3.63, 3.8) is 0 Å². The number of imide groups is 1. The topological polar surface area (TPSA) is 66.9 Å². The minimum absolute atomic E-state index is 0.0468. The molecule has 2 saturated heterocycles. The van der Waals surface area contributed by atoms with Crippen LogP contribution < -0.4 is 0 Å². The third kappa shape index (κ3) is 1.75. The van der Waals surface area contributed by atoms with Gasteiger partial charge < -0.3 is 9.64 Å². The molecule has 16 heavy (non-hydrogen) atoms. The van der Waals surface area contributed by atoms with Crippen LogP contribution in [0.25, 0.3) is 0 Å². The lowest BCUT2D eigenvalue weighted by atomic mass is 10.2. The second-order valence-electron chi connectivity index (χ2n) is 3.92. The highest BCUT2D eigenvalue weighted by molar-refractivity contribution is 5.99. The first kappa shape index (κ1) is 10.9. The lowest BCUT2D eigenvalue weighted by Gasteiger charge is -2.15. The summed E-state index contributed by atoms with van der Waals surface area (Å²) in [4.78, 5) is 37.0. The van der Waals surface area contributed by atoms with Crippen molar-refractivity contribution >= 4 is 17.9 Å². The highest BCUT2D eigenvalue weighted by atomic mass is 16.5. The van der Waals surface area contributed by atoms with Gasteiger partial charge in [-0.25, -0.2) is 4.79 Å². The third-order valence-electron chi connectivity index (χ3n) is 2.86. The summed E-state index contributed by atoms with van der Waals surface area (Å²) in [5, 5.41) is 0. The Balaban J connectivity index is 1.97. The van der Waals surface area contributed by atoms with Gasteiger partial charge in [0.05, 0.1) is 12.6 Å². The van der Waals surface area contributed by atoms with Crippen molar-refractivity contribution in [3.05, 3.63) is 0 Å². The average Bonchev–Trinajstić information content (AvgIpc) is 2.71. The van der Waals surface area contributed by atoms with E-state index in [1.54, 1.807) is 6.92 Å². The molecule has 6 nitrogen and oxygen atoms in total. The summed E-state index contributed by atoms with van der Waals surface area (Å²) in [5.41, 5.74) is 0. The van der Waals surface area contributed by atoms with E-state index in [2.05, 4.69) is 0 Å². The van der Waals surface area contributed by atoms with Gasteiger partial charge in [0.25, 0.3) is 0 Å². The van der Waals surface area contributed by atoms with Crippen molar-refractivity contribution in [2.45, 2.75) is 25.8 Å². The summed E-state index contributed by atoms with van der Waals surface area (Å²) in [6.45, 7) is 2.40. The molecule has 0 aromatic heterocycles. The molecular formula is C10H14N2O4. The van der Waals surface area contributed by atoms with Gasteiger partial charge in [-0.05, 0) is 13.3 Å². The highest BCUT2D eigenvalue weighted by Crippen LogP contribution is 2.26. The van der Waals surface area contributed by atoms with Crippen LogP contribution in [0.15, 0.2) is 0 Å². The summed E-state index contributed by atoms with van der Waals surface area (Å²) >= 11 is 0. The quantitative estimate of drug-likeness (QED) is 0.634. The van der Waals surface area contributed by atoms with Crippen LogP contribution in [0.4, 0.5) is 4.79 Å². The van der Waals surface area contributed by atoms with Crippen LogP contribution >= 0.6 is 0 Å². The first-order chi connectivity index (χ1) is 7.63. The number of carbonyl (C=O) groups is 3. The average molecular weight is 226 g/mol. The fraction of sp³-hybridized carbons (Fsp3) is 0.700. The lowest BCUT2D eigenvalue weighted by Crippen LogP contribution is -2.37. The van der Waals surface area contributed by atoms with Crippen LogP contribution in [0, 0.1) is 0 Å². The minimum Gasteiger partial charge on any atom is -0.465 e. The number of nitrogens with zero attached hydrogens (tertiary/aromatic N) is 2. The molecule has 2 rings (SSSR count). The Hall–Kier alpha value is -1.59. The first-order valence-electron chi connectivity index (χ1n) is 5.40. The van der Waals surface area contributed by atoms with E-state index in [4.69, 9.17) is 4.74 Å². The predicted molar refractivity (Wildman–Crippen MR) is 53.5 cm³/mol. The van der Waals surface area contributed by atoms with E-state index in [1.165, 1.54) is 9.80 Å². The van der Waals surface area contributed by atoms with Crippen molar-refractivity contribution in [2.24, 2.45) is 0 Å². The highest BCUT2D eigenvalue weighted by Gasteiger charge is 2.45. The molecule has 2 aliphatic rings. The Labute approximate surface area is 93.1 Å². The molecule has 1 atom stereocenters. The van der Waals surface area contributed by atoms with Gasteiger partial charge in [0.2, 0.25) is 5.91 Å². The van der Waals surface area contributed by atoms with Crippen molar-refractivity contribution in [1.82, 2.24) is 9.80 Å². The maximum Gasteiger partial charge on any atom is 0.327 e. The SMILES string of the molecule is CCOC(=O)CN1CC2CCC(=O)N2C1=O. The van der Waals surface area contributed by atoms with Gasteiger partial charge >= 0.3 is 12.0 Å². The van der Waals surface area contributed by atoms with Crippen LogP contribution in [-0.4, -0.2) is 53.4 Å². The lowest BCUT2D eigenvalue weighted by molar-refractivity contribution is -0.143. The summed E-state index contributed by atoms with van der Waals surface area (Å²) in [6.07, 6.45) is 1.13. The molecule has 0 aromatic rings. The number of rotatable bonds is 3. The first-order valence-corrected chi connectivity index (χ1v) is 5.40. The molecule has 0 spiro atoms. The molecule has 6 heteroatoms. The number of esters is 1. The Morgan fingerprint density at radius 1 is 1.50 bits per heavy atom. The van der Waals surface area contributed by atoms with E-state index < -0.39 is 5.97 Å². The maximum atomic E-state index is 11.8. The Kier molecular flexibility index (Phi) is 2.80. The molecule has 0 saturated carbocycles. The number of fused-ring (bicyclic) bond motifs is 1. The molecule has 0 aromatic carbocycles. The molecule has 0 bridgehead atoms. The third-order valence-corrected chi connectivity index (χ3v) is 2.86. The van der Waals surface area contributed by atoms with Gasteiger partial charge in [-0.1, -0.05) is 0 Å². The van der Waals surface area contributed by atoms with Gasteiger partial charge in [0, 0.05) is 13.0 Å². The van der Waals surface area contributed by atoms with Crippen molar-refractivity contribution in [3.8, 4) is 0 Å². The maximum absolute atomic E-state index is 11.8. The smallest absolute Gasteiger partial charge is 0.327 e. The largest absolute Gasteiger partial charge is 0.465 e. The van der Waals surface area contributed by atoms with Gasteiger partial charge in [-0.3, -0.25) is 14.5 Å². The molecule has 1 unspecified atom stereocenters. The van der Waals surface area contributed by atoms with Crippen LogP contribution in [0.2, 0.25) is 0 Å². The van der Waals surface area contributed by atoms with Gasteiger partial charge in [0.1, 0.15) is 6.54 Å². The molecule has 0 N–H and O–H groups in total. The van der Waals surface area contributed by atoms with Gasteiger partial charge in [-0.15, -0.1) is 0 Å². The zero-order valence-corrected chi connectivity index (χ0v) is 9.14. The molecule has 0 aliphatic carbocycles. The van der Waals surface area contributed by atoms with Crippen LogP contribution in [0.5, 0.6) is 0 Å². The van der Waals surface area contributed by atoms with E-state index in [1.807, 2.05) is 0 Å². The summed E-state index contributed by atoms with van der Waals surface area (Å²) in [5.74, 6) is -0.564. The van der Waals surface area contributed by atoms with E-state index in [0.717, 1.165) is 0 Å². The van der Waals surface area contributed by atoms with Crippen LogP contribution in [-0.2, 0) is 14.3 Å². The monoisotopic (exact) mass is 226 g/mol. The summed E-state index contributed by atoms with van der Waals surface area (Å²) < 4.78 is 4.76. The number of urea groups is 1. The second-order valence-corrected chi connectivity index (χ2v) is 3.92. The standard InChI is InChI=1S/C10H14N2O4/c1-2-16-9(14)6-11-5-7-3-4-8(13)12(7)10(11)15/h7H,2-6H2,1H3. The number of hydrogen-bond acceptors (Lipinski definition) is 4. The van der Waals surface area contributed by atoms with Gasteiger partial charge in [0.15, 0.2) is 0 Å². The fourth-order valence-corrected chi connectivity index (χ4v) is 2.16. The number of carbonyl (C=O) groups excluding carboxylic acids is 3. The second kappa shape index (κ2) is 4.11. The van der Waals surface area contributed by atoms with Crippen LogP contribution in [0.1, 0.15) is 19.8 Å². The van der Waals surface area contributed by atoms with E-state index in [0.29, 0.717) is 26.0 Å². The molecule has 0 radical (unpaired) electrons. The Morgan fingerprint density at radius 2 is 2.25 bits per heavy atom. The number of amides is 3. The van der Waals surface area contributed by atoms with Crippen molar-refractivity contribution in [2.75, 3.05) is 19.7 Å². The predicted octanol–water partition coefficient (Wildman–Crippen LogP) is -0.0239. The van der Waals surface area contributed by atoms with Gasteiger partial charge in [-0.2, -0.15) is 0 Å². The molecule has 2 aliphatic heterocycles. The van der Waals surface area contributed by atoms with Crippen molar-refractivity contribution < 1.29 is 19.1 Å².